The predicted octanol–water partition coefficient (Wildman–Crippen LogP) is -0.852. The molecule has 0 saturated carbocycles. The van der Waals surface area contributed by atoms with Crippen LogP contribution in [-0.2, 0) is 24.0 Å². The molecule has 0 spiro atoms. The highest BCUT2D eigenvalue weighted by Crippen LogP contribution is 2.09. The second kappa shape index (κ2) is 14.6. The first-order valence-electron chi connectivity index (χ1n) is 9.59. The summed E-state index contributed by atoms with van der Waals surface area (Å²) in [4.78, 5) is 58.8. The third-order valence-electron chi connectivity index (χ3n) is 4.47. The summed E-state index contributed by atoms with van der Waals surface area (Å²) in [6.07, 6.45) is 2.15. The van der Waals surface area contributed by atoms with E-state index in [-0.39, 0.29) is 12.3 Å². The summed E-state index contributed by atoms with van der Waals surface area (Å²) in [6.45, 7) is 2.97. The van der Waals surface area contributed by atoms with E-state index in [1.807, 2.05) is 6.26 Å². The van der Waals surface area contributed by atoms with Gasteiger partial charge in [0.05, 0.1) is 12.6 Å². The fourth-order valence-electron chi connectivity index (χ4n) is 2.39. The lowest BCUT2D eigenvalue weighted by molar-refractivity contribution is -0.144. The molecule has 4 unspecified atom stereocenters. The van der Waals surface area contributed by atoms with Crippen LogP contribution < -0.4 is 21.7 Å². The molecule has 11 nitrogen and oxygen atoms in total. The summed E-state index contributed by atoms with van der Waals surface area (Å²) in [6, 6.07) is -3.22. The number of amides is 3. The first-order valence-corrected chi connectivity index (χ1v) is 11.0. The predicted molar refractivity (Wildman–Crippen MR) is 112 cm³/mol. The molecule has 0 aliphatic heterocycles. The van der Waals surface area contributed by atoms with Crippen molar-refractivity contribution < 1.29 is 34.2 Å². The van der Waals surface area contributed by atoms with Gasteiger partial charge in [-0.15, -0.1) is 0 Å². The number of nitrogens with one attached hydrogen (secondary N) is 3. The maximum absolute atomic E-state index is 12.5. The van der Waals surface area contributed by atoms with Gasteiger partial charge in [-0.2, -0.15) is 11.8 Å². The molecule has 0 fully saturated rings. The summed E-state index contributed by atoms with van der Waals surface area (Å²) in [5, 5.41) is 25.2. The van der Waals surface area contributed by atoms with Crippen molar-refractivity contribution in [2.24, 2.45) is 11.7 Å². The SMILES string of the molecule is CCC(C)C(NC(=O)C(CCC(=O)O)NC(=O)CNC(=O)C(N)CCSC)C(=O)O. The fraction of sp³-hybridized carbons (Fsp3) is 0.722. The van der Waals surface area contributed by atoms with Gasteiger partial charge >= 0.3 is 11.9 Å². The number of hydrogen-bond acceptors (Lipinski definition) is 7. The Labute approximate surface area is 179 Å². The first-order chi connectivity index (χ1) is 14.0. The Morgan fingerprint density at radius 2 is 1.67 bits per heavy atom. The normalized spacial score (nSPS) is 14.7. The third kappa shape index (κ3) is 11.0. The topological polar surface area (TPSA) is 188 Å². The molecule has 0 aromatic carbocycles. The van der Waals surface area contributed by atoms with E-state index in [0.717, 1.165) is 0 Å². The Hall–Kier alpha value is -2.34. The Kier molecular flexibility index (Phi) is 13.5. The molecule has 0 aliphatic carbocycles. The van der Waals surface area contributed by atoms with Crippen LogP contribution in [0.2, 0.25) is 0 Å². The van der Waals surface area contributed by atoms with Gasteiger partial charge in [0.2, 0.25) is 17.7 Å². The maximum Gasteiger partial charge on any atom is 0.326 e. The molecule has 0 radical (unpaired) electrons. The van der Waals surface area contributed by atoms with Gasteiger partial charge in [0.25, 0.3) is 0 Å². The van der Waals surface area contributed by atoms with Gasteiger partial charge in [0, 0.05) is 6.42 Å². The van der Waals surface area contributed by atoms with Crippen molar-refractivity contribution in [2.75, 3.05) is 18.6 Å². The fourth-order valence-corrected chi connectivity index (χ4v) is 2.88. The molecule has 12 heteroatoms. The molecule has 0 saturated heterocycles. The zero-order chi connectivity index (χ0) is 23.3. The van der Waals surface area contributed by atoms with E-state index in [1.54, 1.807) is 13.8 Å². The number of carboxylic acid groups (broad SMARTS) is 2. The molecule has 172 valence electrons. The molecule has 0 heterocycles. The number of nitrogens with two attached hydrogens (primary N) is 1. The Balaban J connectivity index is 4.97. The summed E-state index contributed by atoms with van der Waals surface area (Å²) in [5.41, 5.74) is 5.70. The number of hydrogen-bond donors (Lipinski definition) is 6. The van der Waals surface area contributed by atoms with E-state index >= 15 is 0 Å². The van der Waals surface area contributed by atoms with Crippen LogP contribution in [0.1, 0.15) is 39.5 Å². The highest BCUT2D eigenvalue weighted by molar-refractivity contribution is 7.98. The van der Waals surface area contributed by atoms with Crippen LogP contribution in [0.5, 0.6) is 0 Å². The van der Waals surface area contributed by atoms with E-state index in [2.05, 4.69) is 16.0 Å². The van der Waals surface area contributed by atoms with Crippen LogP contribution in [0.4, 0.5) is 0 Å². The van der Waals surface area contributed by atoms with Crippen LogP contribution in [0.3, 0.4) is 0 Å². The number of carbonyl (C=O) groups excluding carboxylic acids is 3. The summed E-state index contributed by atoms with van der Waals surface area (Å²) in [5.74, 6) is -4.14. The zero-order valence-corrected chi connectivity index (χ0v) is 18.3. The van der Waals surface area contributed by atoms with Crippen LogP contribution >= 0.6 is 11.8 Å². The van der Waals surface area contributed by atoms with Crippen LogP contribution in [0, 0.1) is 5.92 Å². The average molecular weight is 449 g/mol. The monoisotopic (exact) mass is 448 g/mol. The Bertz CT molecular complexity index is 617. The van der Waals surface area contributed by atoms with E-state index in [1.165, 1.54) is 11.8 Å². The lowest BCUT2D eigenvalue weighted by Gasteiger charge is -2.24. The van der Waals surface area contributed by atoms with Crippen LogP contribution in [-0.4, -0.2) is 76.6 Å². The molecule has 4 atom stereocenters. The highest BCUT2D eigenvalue weighted by atomic mass is 32.2. The first kappa shape index (κ1) is 27.7. The summed E-state index contributed by atoms with van der Waals surface area (Å²) >= 11 is 1.53. The van der Waals surface area contributed by atoms with Crippen molar-refractivity contribution >= 4 is 41.4 Å². The maximum atomic E-state index is 12.5. The number of thioether (sulfide) groups is 1. The van der Waals surface area contributed by atoms with E-state index in [4.69, 9.17) is 10.8 Å². The van der Waals surface area contributed by atoms with E-state index in [9.17, 15) is 29.1 Å². The molecule has 0 rings (SSSR count). The largest absolute Gasteiger partial charge is 0.481 e. The standard InChI is InChI=1S/C18H32N4O7S/c1-4-10(2)15(18(28)29)22-17(27)12(5-6-14(24)25)21-13(23)9-20-16(26)11(19)7-8-30-3/h10-12,15H,4-9,19H2,1-3H3,(H,20,26)(H,21,23)(H,22,27)(H,24,25)(H,28,29). The van der Waals surface area contributed by atoms with Gasteiger partial charge in [-0.05, 0) is 30.8 Å². The summed E-state index contributed by atoms with van der Waals surface area (Å²) < 4.78 is 0. The molecule has 0 aliphatic rings. The minimum Gasteiger partial charge on any atom is -0.481 e. The van der Waals surface area contributed by atoms with Crippen molar-refractivity contribution in [1.82, 2.24) is 16.0 Å². The van der Waals surface area contributed by atoms with Gasteiger partial charge < -0.3 is 31.9 Å². The smallest absolute Gasteiger partial charge is 0.326 e. The molecule has 0 aromatic heterocycles. The Morgan fingerprint density at radius 1 is 1.03 bits per heavy atom. The second-order valence-corrected chi connectivity index (χ2v) is 7.85. The van der Waals surface area contributed by atoms with Gasteiger partial charge in [-0.3, -0.25) is 19.2 Å². The number of carbonyl (C=O) groups is 5. The zero-order valence-electron chi connectivity index (χ0n) is 17.5. The second-order valence-electron chi connectivity index (χ2n) is 6.87. The minimum atomic E-state index is -1.26. The van der Waals surface area contributed by atoms with E-state index in [0.29, 0.717) is 18.6 Å². The van der Waals surface area contributed by atoms with Crippen LogP contribution in [0.25, 0.3) is 0 Å². The summed E-state index contributed by atoms with van der Waals surface area (Å²) in [7, 11) is 0. The van der Waals surface area contributed by atoms with Crippen molar-refractivity contribution in [3.8, 4) is 0 Å². The Morgan fingerprint density at radius 3 is 2.17 bits per heavy atom. The van der Waals surface area contributed by atoms with Gasteiger partial charge in [0.1, 0.15) is 12.1 Å². The molecule has 0 aromatic rings. The lowest BCUT2D eigenvalue weighted by atomic mass is 9.98. The highest BCUT2D eigenvalue weighted by Gasteiger charge is 2.30. The molecular formula is C18H32N4O7S. The molecule has 30 heavy (non-hydrogen) atoms. The van der Waals surface area contributed by atoms with Gasteiger partial charge in [-0.1, -0.05) is 20.3 Å². The van der Waals surface area contributed by atoms with Crippen molar-refractivity contribution in [3.05, 3.63) is 0 Å². The van der Waals surface area contributed by atoms with Gasteiger partial charge in [0.15, 0.2) is 0 Å². The van der Waals surface area contributed by atoms with Crippen molar-refractivity contribution in [1.29, 1.82) is 0 Å². The molecule has 7 N–H and O–H groups in total. The lowest BCUT2D eigenvalue weighted by Crippen LogP contribution is -2.55. The average Bonchev–Trinajstić information content (AvgIpc) is 2.69. The molecule has 0 bridgehead atoms. The van der Waals surface area contributed by atoms with Gasteiger partial charge in [-0.25, -0.2) is 4.79 Å². The molecular weight excluding hydrogens is 416 g/mol. The van der Waals surface area contributed by atoms with Crippen LogP contribution in [0.15, 0.2) is 0 Å². The van der Waals surface area contributed by atoms with Crippen molar-refractivity contribution in [2.45, 2.75) is 57.7 Å². The number of rotatable bonds is 15. The quantitative estimate of drug-likeness (QED) is 0.185. The third-order valence-corrected chi connectivity index (χ3v) is 5.11. The van der Waals surface area contributed by atoms with E-state index < -0.39 is 60.8 Å². The van der Waals surface area contributed by atoms with Crippen molar-refractivity contribution in [3.63, 3.8) is 0 Å². The minimum absolute atomic E-state index is 0.235. The number of aliphatic carboxylic acids is 2. The molecule has 3 amide bonds. The number of carboxylic acids is 2.